The highest BCUT2D eigenvalue weighted by molar-refractivity contribution is 7.99. The van der Waals surface area contributed by atoms with E-state index in [2.05, 4.69) is 0 Å². The van der Waals surface area contributed by atoms with Gasteiger partial charge in [-0.15, -0.1) is 0 Å². The molecule has 1 N–H and O–H groups in total. The van der Waals surface area contributed by atoms with Gasteiger partial charge in [0.1, 0.15) is 6.54 Å². The van der Waals surface area contributed by atoms with Crippen LogP contribution in [0.1, 0.15) is 13.3 Å². The first-order chi connectivity index (χ1) is 8.65. The molecule has 1 aromatic rings. The van der Waals surface area contributed by atoms with Crippen molar-refractivity contribution in [3.63, 3.8) is 0 Å². The predicted octanol–water partition coefficient (Wildman–Crippen LogP) is 2.25. The molecule has 4 nitrogen and oxygen atoms in total. The number of carboxylic acids is 1. The van der Waals surface area contributed by atoms with Crippen LogP contribution in [0.15, 0.2) is 30.3 Å². The maximum absolute atomic E-state index is 12.0. The Morgan fingerprint density at radius 1 is 1.28 bits per heavy atom. The third kappa shape index (κ3) is 4.79. The maximum atomic E-state index is 12.0. The number of carboxylic acid groups (broad SMARTS) is 1. The van der Waals surface area contributed by atoms with E-state index in [1.54, 1.807) is 24.3 Å². The number of aliphatic carboxylic acids is 1. The molecule has 18 heavy (non-hydrogen) atoms. The fourth-order valence-electron chi connectivity index (χ4n) is 1.45. The highest BCUT2D eigenvalue weighted by Crippen LogP contribution is 2.15. The van der Waals surface area contributed by atoms with Crippen molar-refractivity contribution in [2.24, 2.45) is 0 Å². The van der Waals surface area contributed by atoms with Crippen LogP contribution in [0, 0.1) is 0 Å². The number of carbonyl (C=O) groups is 2. The Morgan fingerprint density at radius 2 is 1.94 bits per heavy atom. The van der Waals surface area contributed by atoms with E-state index >= 15 is 0 Å². The van der Waals surface area contributed by atoms with Crippen molar-refractivity contribution in [1.29, 1.82) is 0 Å². The fourth-order valence-corrected chi connectivity index (χ4v) is 2.21. The Hall–Kier alpha value is -1.49. The van der Waals surface area contributed by atoms with E-state index in [0.717, 1.165) is 12.2 Å². The number of nitrogens with zero attached hydrogens (tertiary/aromatic N) is 1. The number of rotatable bonds is 7. The maximum Gasteiger partial charge on any atom is 0.323 e. The van der Waals surface area contributed by atoms with Crippen LogP contribution in [0.25, 0.3) is 0 Å². The smallest absolute Gasteiger partial charge is 0.323 e. The predicted molar refractivity (Wildman–Crippen MR) is 74.0 cm³/mol. The van der Waals surface area contributed by atoms with Crippen molar-refractivity contribution in [3.05, 3.63) is 30.3 Å². The lowest BCUT2D eigenvalue weighted by Crippen LogP contribution is -2.37. The summed E-state index contributed by atoms with van der Waals surface area (Å²) in [4.78, 5) is 24.1. The summed E-state index contributed by atoms with van der Waals surface area (Å²) in [5.41, 5.74) is 0.627. The zero-order valence-electron chi connectivity index (χ0n) is 10.3. The Balaban J connectivity index is 2.72. The van der Waals surface area contributed by atoms with Crippen molar-refractivity contribution in [1.82, 2.24) is 0 Å². The van der Waals surface area contributed by atoms with Gasteiger partial charge in [0.25, 0.3) is 0 Å². The topological polar surface area (TPSA) is 57.6 Å². The molecular weight excluding hydrogens is 250 g/mol. The van der Waals surface area contributed by atoms with E-state index in [9.17, 15) is 9.59 Å². The van der Waals surface area contributed by atoms with Crippen LogP contribution < -0.4 is 4.90 Å². The third-order valence-electron chi connectivity index (χ3n) is 2.24. The number of para-hydroxylation sites is 1. The van der Waals surface area contributed by atoms with Crippen LogP contribution >= 0.6 is 11.8 Å². The molecule has 0 saturated carbocycles. The van der Waals surface area contributed by atoms with Gasteiger partial charge in [-0.3, -0.25) is 9.59 Å². The van der Waals surface area contributed by atoms with Gasteiger partial charge < -0.3 is 10.0 Å². The normalized spacial score (nSPS) is 10.1. The Morgan fingerprint density at radius 3 is 2.50 bits per heavy atom. The molecule has 0 aliphatic carbocycles. The summed E-state index contributed by atoms with van der Waals surface area (Å²) >= 11 is 1.53. The first-order valence-corrected chi connectivity index (χ1v) is 6.95. The molecule has 5 heteroatoms. The molecule has 0 aliphatic heterocycles. The van der Waals surface area contributed by atoms with Gasteiger partial charge in [0.15, 0.2) is 0 Å². The largest absolute Gasteiger partial charge is 0.480 e. The van der Waals surface area contributed by atoms with Crippen LogP contribution in [-0.4, -0.2) is 35.0 Å². The number of benzene rings is 1. The summed E-state index contributed by atoms with van der Waals surface area (Å²) in [6.07, 6.45) is 1.00. The quantitative estimate of drug-likeness (QED) is 0.770. The first kappa shape index (κ1) is 14.6. The zero-order chi connectivity index (χ0) is 13.4. The molecule has 0 fully saturated rings. The van der Waals surface area contributed by atoms with Crippen LogP contribution in [0.5, 0.6) is 0 Å². The number of anilines is 1. The molecule has 1 aromatic carbocycles. The summed E-state index contributed by atoms with van der Waals surface area (Å²) < 4.78 is 0. The van der Waals surface area contributed by atoms with Gasteiger partial charge in [0.05, 0.1) is 5.75 Å². The van der Waals surface area contributed by atoms with Gasteiger partial charge in [0, 0.05) is 5.69 Å². The summed E-state index contributed by atoms with van der Waals surface area (Å²) in [7, 11) is 0. The van der Waals surface area contributed by atoms with E-state index < -0.39 is 5.97 Å². The lowest BCUT2D eigenvalue weighted by atomic mass is 10.3. The first-order valence-electron chi connectivity index (χ1n) is 5.80. The number of amides is 1. The monoisotopic (exact) mass is 267 g/mol. The summed E-state index contributed by atoms with van der Waals surface area (Å²) in [6.45, 7) is 1.75. The summed E-state index contributed by atoms with van der Waals surface area (Å²) in [6, 6.07) is 8.89. The van der Waals surface area contributed by atoms with E-state index in [1.165, 1.54) is 16.7 Å². The minimum absolute atomic E-state index is 0.165. The second-order valence-corrected chi connectivity index (χ2v) is 4.87. The van der Waals surface area contributed by atoms with Gasteiger partial charge in [0.2, 0.25) is 5.91 Å². The van der Waals surface area contributed by atoms with Crippen LogP contribution in [-0.2, 0) is 9.59 Å². The Kier molecular flexibility index (Phi) is 6.28. The average molecular weight is 267 g/mol. The highest BCUT2D eigenvalue weighted by Gasteiger charge is 2.18. The van der Waals surface area contributed by atoms with Crippen molar-refractivity contribution < 1.29 is 14.7 Å². The molecule has 0 atom stereocenters. The molecule has 0 aliphatic rings. The molecule has 0 radical (unpaired) electrons. The van der Waals surface area contributed by atoms with Crippen molar-refractivity contribution in [2.45, 2.75) is 13.3 Å². The van der Waals surface area contributed by atoms with Gasteiger partial charge in [-0.1, -0.05) is 25.1 Å². The number of carbonyl (C=O) groups excluding carboxylic acids is 1. The minimum Gasteiger partial charge on any atom is -0.480 e. The molecule has 0 saturated heterocycles. The fraction of sp³-hybridized carbons (Fsp3) is 0.385. The van der Waals surface area contributed by atoms with E-state index in [1.807, 2.05) is 13.0 Å². The van der Waals surface area contributed by atoms with Crippen molar-refractivity contribution in [3.8, 4) is 0 Å². The van der Waals surface area contributed by atoms with Gasteiger partial charge >= 0.3 is 5.97 Å². The van der Waals surface area contributed by atoms with Crippen LogP contribution in [0.3, 0.4) is 0 Å². The van der Waals surface area contributed by atoms with Gasteiger partial charge in [-0.05, 0) is 24.3 Å². The summed E-state index contributed by atoms with van der Waals surface area (Å²) in [5, 5.41) is 8.87. The molecule has 0 bridgehead atoms. The van der Waals surface area contributed by atoms with Gasteiger partial charge in [-0.2, -0.15) is 11.8 Å². The van der Waals surface area contributed by atoms with Crippen LogP contribution in [0.2, 0.25) is 0 Å². The van der Waals surface area contributed by atoms with Crippen molar-refractivity contribution >= 4 is 29.3 Å². The highest BCUT2D eigenvalue weighted by atomic mass is 32.2. The molecular formula is C13H17NO3S. The molecule has 0 spiro atoms. The Bertz CT molecular complexity index is 394. The molecule has 98 valence electrons. The van der Waals surface area contributed by atoms with E-state index in [4.69, 9.17) is 5.11 Å². The van der Waals surface area contributed by atoms with Gasteiger partial charge in [-0.25, -0.2) is 0 Å². The SMILES string of the molecule is CCCSCC(=O)N(CC(=O)O)c1ccccc1. The molecule has 0 heterocycles. The van der Waals surface area contributed by atoms with Crippen LogP contribution in [0.4, 0.5) is 5.69 Å². The number of hydrogen-bond donors (Lipinski definition) is 1. The summed E-state index contributed by atoms with van der Waals surface area (Å²) in [5.74, 6) is 0.0482. The standard InChI is InChI=1S/C13H17NO3S/c1-2-8-18-10-12(15)14(9-13(16)17)11-6-4-3-5-7-11/h3-7H,2,8-10H2,1H3,(H,16,17). The van der Waals surface area contributed by atoms with E-state index in [-0.39, 0.29) is 12.5 Å². The lowest BCUT2D eigenvalue weighted by molar-refractivity contribution is -0.136. The molecule has 1 amide bonds. The van der Waals surface area contributed by atoms with Crippen molar-refractivity contribution in [2.75, 3.05) is 23.0 Å². The molecule has 1 rings (SSSR count). The second-order valence-electron chi connectivity index (χ2n) is 3.76. The Labute approximate surface area is 111 Å². The number of thioether (sulfide) groups is 1. The minimum atomic E-state index is -1.01. The third-order valence-corrected chi connectivity index (χ3v) is 3.38. The second kappa shape index (κ2) is 7.76. The zero-order valence-corrected chi connectivity index (χ0v) is 11.2. The number of hydrogen-bond acceptors (Lipinski definition) is 3. The van der Waals surface area contributed by atoms with E-state index in [0.29, 0.717) is 11.4 Å². The molecule has 0 unspecified atom stereocenters. The molecule has 0 aromatic heterocycles. The average Bonchev–Trinajstić information content (AvgIpc) is 2.37. The lowest BCUT2D eigenvalue weighted by Gasteiger charge is -2.20.